The number of aliphatic imine (C=N–C) groups is 1. The lowest BCUT2D eigenvalue weighted by atomic mass is 9.99. The third-order valence-electron chi connectivity index (χ3n) is 8.83. The highest BCUT2D eigenvalue weighted by molar-refractivity contribution is 6.09. The first-order valence-corrected chi connectivity index (χ1v) is 19.3. The van der Waals surface area contributed by atoms with Gasteiger partial charge in [-0.15, -0.1) is 0 Å². The Balaban J connectivity index is 0.00000239. The predicted octanol–water partition coefficient (Wildman–Crippen LogP) is 8.73. The van der Waals surface area contributed by atoms with Crippen LogP contribution in [0.4, 0.5) is 0 Å². The van der Waals surface area contributed by atoms with Crippen LogP contribution in [0.1, 0.15) is 78.2 Å². The van der Waals surface area contributed by atoms with Gasteiger partial charge in [-0.05, 0) is 131 Å². The number of unbranched alkanes of at least 4 members (excludes halogenated alkanes) is 1. The van der Waals surface area contributed by atoms with Gasteiger partial charge in [-0.25, -0.2) is 0 Å². The highest BCUT2D eigenvalue weighted by Gasteiger charge is 2.15. The number of rotatable bonds is 24. The molecule has 298 valence electrons. The van der Waals surface area contributed by atoms with Gasteiger partial charge in [0.15, 0.2) is 11.5 Å². The van der Waals surface area contributed by atoms with Crippen LogP contribution >= 0.6 is 0 Å². The van der Waals surface area contributed by atoms with Gasteiger partial charge in [-0.3, -0.25) is 14.8 Å². The third kappa shape index (κ3) is 18.2. The van der Waals surface area contributed by atoms with Crippen molar-refractivity contribution < 1.29 is 28.8 Å². The fraction of sp³-hybridized carbons (Fsp3) is 0.523. The average molecular weight is 747 g/mol. The number of nitrogens with one attached hydrogen (secondary N) is 1. The number of nitrogens with zero attached hydrogens (tertiary/aromatic N) is 3. The summed E-state index contributed by atoms with van der Waals surface area (Å²) >= 11 is 0. The molecule has 2 N–H and O–H groups in total. The molecule has 2 heterocycles. The summed E-state index contributed by atoms with van der Waals surface area (Å²) in [5.41, 5.74) is 6.88. The second-order valence-electron chi connectivity index (χ2n) is 13.5. The molecule has 0 bridgehead atoms. The number of methoxy groups -OCH3 is 4. The van der Waals surface area contributed by atoms with Gasteiger partial charge in [0.1, 0.15) is 0 Å². The van der Waals surface area contributed by atoms with Crippen molar-refractivity contribution in [2.75, 3.05) is 67.8 Å². The maximum atomic E-state index is 9.00. The number of carboxylic acid groups (broad SMARTS) is 1. The summed E-state index contributed by atoms with van der Waals surface area (Å²) in [5.74, 6) is 1.55. The number of aryl methyl sites for hydroxylation is 1. The molecular formula is C44H66N4O6. The van der Waals surface area contributed by atoms with Crippen LogP contribution in [-0.4, -0.2) is 94.4 Å². The Morgan fingerprint density at radius 1 is 0.981 bits per heavy atom. The van der Waals surface area contributed by atoms with Crippen LogP contribution in [0.3, 0.4) is 0 Å². The number of pyridine rings is 1. The molecule has 54 heavy (non-hydrogen) atoms. The summed E-state index contributed by atoms with van der Waals surface area (Å²) in [6, 6.07) is 8.18. The molecule has 0 unspecified atom stereocenters. The number of benzene rings is 1. The van der Waals surface area contributed by atoms with Gasteiger partial charge >= 0.3 is 0 Å². The Hall–Kier alpha value is -4.25. The summed E-state index contributed by atoms with van der Waals surface area (Å²) in [4.78, 5) is 20.9. The van der Waals surface area contributed by atoms with E-state index < -0.39 is 5.97 Å². The molecular weight excluding hydrogens is 681 g/mol. The Morgan fingerprint density at radius 2 is 1.69 bits per heavy atom. The SMILES string of the molecule is CC(=O)O.CCN(CCCNCCCCC1=CC(/C(=C/COC)C/C=C\C(C)C)=NC=CC1)CCCc1ccnc(-c2cc(OC)c(OC)c(OC)c2)c1. The smallest absolute Gasteiger partial charge is 0.300 e. The third-order valence-corrected chi connectivity index (χ3v) is 8.83. The largest absolute Gasteiger partial charge is 0.493 e. The second-order valence-corrected chi connectivity index (χ2v) is 13.5. The summed E-state index contributed by atoms with van der Waals surface area (Å²) in [5, 5.41) is 11.1. The molecule has 0 saturated carbocycles. The zero-order valence-electron chi connectivity index (χ0n) is 34.2. The molecule has 0 atom stereocenters. The maximum Gasteiger partial charge on any atom is 0.300 e. The lowest BCUT2D eigenvalue weighted by molar-refractivity contribution is -0.134. The predicted molar refractivity (Wildman–Crippen MR) is 222 cm³/mol. The molecule has 3 rings (SSSR count). The molecule has 10 nitrogen and oxygen atoms in total. The number of hydrogen-bond acceptors (Lipinski definition) is 9. The van der Waals surface area contributed by atoms with Crippen LogP contribution in [-0.2, 0) is 16.0 Å². The van der Waals surface area contributed by atoms with Gasteiger partial charge in [0, 0.05) is 32.0 Å². The number of aliphatic carboxylic acids is 1. The highest BCUT2D eigenvalue weighted by atomic mass is 16.5. The van der Waals surface area contributed by atoms with E-state index in [1.54, 1.807) is 28.4 Å². The minimum atomic E-state index is -0.833. The van der Waals surface area contributed by atoms with Gasteiger partial charge in [-0.2, -0.15) is 0 Å². The lowest BCUT2D eigenvalue weighted by Crippen LogP contribution is -2.29. The van der Waals surface area contributed by atoms with E-state index >= 15 is 0 Å². The van der Waals surface area contributed by atoms with Gasteiger partial charge < -0.3 is 34.3 Å². The minimum absolute atomic E-state index is 0.544. The number of aromatic nitrogens is 1. The number of hydrogen-bond donors (Lipinski definition) is 2. The van der Waals surface area contributed by atoms with Crippen molar-refractivity contribution in [2.24, 2.45) is 10.9 Å². The summed E-state index contributed by atoms with van der Waals surface area (Å²) in [7, 11) is 6.62. The first-order valence-electron chi connectivity index (χ1n) is 19.3. The zero-order valence-corrected chi connectivity index (χ0v) is 34.2. The molecule has 0 aliphatic carbocycles. The molecule has 0 saturated heterocycles. The van der Waals surface area contributed by atoms with E-state index in [2.05, 4.69) is 78.5 Å². The Labute approximate surface area is 325 Å². The topological polar surface area (TPSA) is 115 Å². The number of ether oxygens (including phenoxy) is 4. The summed E-state index contributed by atoms with van der Waals surface area (Å²) < 4.78 is 21.9. The fourth-order valence-corrected chi connectivity index (χ4v) is 6.03. The van der Waals surface area contributed by atoms with Crippen LogP contribution in [0, 0.1) is 5.92 Å². The van der Waals surface area contributed by atoms with Gasteiger partial charge in [0.25, 0.3) is 5.97 Å². The number of carbonyl (C=O) groups is 1. The minimum Gasteiger partial charge on any atom is -0.493 e. The standard InChI is InChI=1S/C42H62N4O4.C2H4O2/c1-8-46(26-13-18-35-20-25-45-39(30-35)37-31-40(48-5)42(50-7)41(32-37)49-6)27-14-23-43-22-10-9-16-34-17-12-24-44-38(29-34)36(21-28-47-4)19-11-15-33(2)3;1-2(3)4/h11-12,15,20-21,24-25,29-33,43H,8-10,13-14,16-19,22-23,26-28H2,1-7H3;1H3,(H,3,4)/b15-11-,36-21+;. The molecule has 1 aromatic carbocycles. The summed E-state index contributed by atoms with van der Waals surface area (Å²) in [6.45, 7) is 13.7. The monoisotopic (exact) mass is 746 g/mol. The number of allylic oxidation sites excluding steroid dienone is 6. The van der Waals surface area contributed by atoms with Crippen LogP contribution in [0.2, 0.25) is 0 Å². The van der Waals surface area contributed by atoms with Crippen molar-refractivity contribution in [3.05, 3.63) is 83.8 Å². The number of carboxylic acids is 1. The van der Waals surface area contributed by atoms with Crippen molar-refractivity contribution >= 4 is 11.7 Å². The van der Waals surface area contributed by atoms with Crippen molar-refractivity contribution in [1.82, 2.24) is 15.2 Å². The molecule has 1 aliphatic heterocycles. The fourth-order valence-electron chi connectivity index (χ4n) is 6.03. The zero-order chi connectivity index (χ0) is 39.6. The average Bonchev–Trinajstić information content (AvgIpc) is 3.41. The molecule has 1 aromatic heterocycles. The van der Waals surface area contributed by atoms with E-state index in [1.807, 2.05) is 24.5 Å². The van der Waals surface area contributed by atoms with Crippen LogP contribution < -0.4 is 19.5 Å². The molecule has 1 aliphatic rings. The first-order chi connectivity index (χ1) is 26.1. The normalized spacial score (nSPS) is 13.0. The van der Waals surface area contributed by atoms with Crippen LogP contribution in [0.5, 0.6) is 17.2 Å². The van der Waals surface area contributed by atoms with Gasteiger partial charge in [-0.1, -0.05) is 50.6 Å². The molecule has 0 amide bonds. The highest BCUT2D eigenvalue weighted by Crippen LogP contribution is 2.40. The first kappa shape index (κ1) is 45.9. The van der Waals surface area contributed by atoms with E-state index in [4.69, 9.17) is 33.8 Å². The molecule has 0 fully saturated rings. The van der Waals surface area contributed by atoms with E-state index in [0.29, 0.717) is 29.8 Å². The van der Waals surface area contributed by atoms with E-state index in [0.717, 1.165) is 95.1 Å². The quantitative estimate of drug-likeness (QED) is 0.0804. The summed E-state index contributed by atoms with van der Waals surface area (Å²) in [6.07, 6.45) is 23.6. The van der Waals surface area contributed by atoms with E-state index in [-0.39, 0.29) is 0 Å². The van der Waals surface area contributed by atoms with Crippen molar-refractivity contribution in [1.29, 1.82) is 0 Å². The Morgan fingerprint density at radius 3 is 2.33 bits per heavy atom. The van der Waals surface area contributed by atoms with Crippen molar-refractivity contribution in [3.63, 3.8) is 0 Å². The van der Waals surface area contributed by atoms with E-state index in [9.17, 15) is 0 Å². The Kier molecular flexibility index (Phi) is 23.3. The van der Waals surface area contributed by atoms with Crippen molar-refractivity contribution in [3.8, 4) is 28.5 Å². The van der Waals surface area contributed by atoms with Crippen molar-refractivity contribution in [2.45, 2.75) is 79.1 Å². The second kappa shape index (κ2) is 27.4. The van der Waals surface area contributed by atoms with E-state index in [1.165, 1.54) is 29.6 Å². The molecule has 0 radical (unpaired) electrons. The molecule has 10 heteroatoms. The molecule has 0 spiro atoms. The Bertz CT molecular complexity index is 1520. The molecule has 2 aromatic rings. The lowest BCUT2D eigenvalue weighted by Gasteiger charge is -2.20. The van der Waals surface area contributed by atoms with Crippen LogP contribution in [0.15, 0.2) is 83.2 Å². The van der Waals surface area contributed by atoms with Crippen LogP contribution in [0.25, 0.3) is 11.3 Å². The van der Waals surface area contributed by atoms with Gasteiger partial charge in [0.05, 0.1) is 39.3 Å². The van der Waals surface area contributed by atoms with Gasteiger partial charge in [0.2, 0.25) is 5.75 Å². The maximum absolute atomic E-state index is 9.00.